The average Bonchev–Trinajstić information content (AvgIpc) is 3.49. The van der Waals surface area contributed by atoms with Gasteiger partial charge in [0.25, 0.3) is 0 Å². The number of benzene rings is 2. The van der Waals surface area contributed by atoms with E-state index in [-0.39, 0.29) is 23.5 Å². The molecule has 0 amide bonds. The van der Waals surface area contributed by atoms with Gasteiger partial charge < -0.3 is 29.6 Å². The van der Waals surface area contributed by atoms with E-state index in [1.165, 1.54) is 257 Å². The van der Waals surface area contributed by atoms with Crippen LogP contribution in [0.15, 0.2) is 47.8 Å². The van der Waals surface area contributed by atoms with Gasteiger partial charge in [0.15, 0.2) is 0 Å². The molecule has 2 atom stereocenters. The topological polar surface area (TPSA) is 109 Å². The van der Waals surface area contributed by atoms with Gasteiger partial charge >= 0.3 is 0 Å². The second kappa shape index (κ2) is 53.0. The molecule has 2 aromatic carbocycles. The van der Waals surface area contributed by atoms with Crippen molar-refractivity contribution in [3.8, 4) is 35.1 Å². The minimum Gasteiger partial charge on any atom is -0.493 e. The zero-order valence-electron chi connectivity index (χ0n) is 53.1. The predicted octanol–water partition coefficient (Wildman–Crippen LogP) is 22.7. The molecule has 0 aliphatic rings. The van der Waals surface area contributed by atoms with Crippen LogP contribution in [0.2, 0.25) is 0 Å². The summed E-state index contributed by atoms with van der Waals surface area (Å²) in [5.41, 5.74) is 2.27. The molecular formula is C72H124N4O4. The van der Waals surface area contributed by atoms with Gasteiger partial charge in [-0.25, -0.2) is 0 Å². The van der Waals surface area contributed by atoms with Crippen molar-refractivity contribution in [2.75, 3.05) is 26.4 Å². The molecule has 0 spiro atoms. The second-order valence-electron chi connectivity index (χ2n) is 23.7. The summed E-state index contributed by atoms with van der Waals surface area (Å²) in [4.78, 5) is 0. The molecule has 0 aromatic heterocycles. The first-order valence-corrected chi connectivity index (χ1v) is 34.3. The molecule has 0 bridgehead atoms. The maximum atomic E-state index is 10.6. The minimum atomic E-state index is -0.303. The highest BCUT2D eigenvalue weighted by atomic mass is 16.5. The Morgan fingerprint density at radius 1 is 0.300 bits per heavy atom. The van der Waals surface area contributed by atoms with E-state index in [0.717, 1.165) is 59.8 Å². The summed E-state index contributed by atoms with van der Waals surface area (Å²) in [7, 11) is 0. The van der Waals surface area contributed by atoms with Crippen LogP contribution in [0.3, 0.4) is 0 Å². The maximum Gasteiger partial charge on any atom is 0.148 e. The molecule has 2 unspecified atom stereocenters. The van der Waals surface area contributed by atoms with Gasteiger partial charge in [0.1, 0.15) is 46.5 Å². The molecule has 0 saturated heterocycles. The summed E-state index contributed by atoms with van der Waals surface area (Å²) in [6.07, 6.45) is 56.9. The molecule has 0 saturated carbocycles. The van der Waals surface area contributed by atoms with E-state index in [1.54, 1.807) is 0 Å². The van der Waals surface area contributed by atoms with Crippen molar-refractivity contribution >= 4 is 0 Å². The Kier molecular flexibility index (Phi) is 47.7. The van der Waals surface area contributed by atoms with Crippen molar-refractivity contribution in [3.05, 3.63) is 58.9 Å². The molecule has 0 aliphatic heterocycles. The monoisotopic (exact) mass is 1110 g/mol. The molecule has 8 nitrogen and oxygen atoms in total. The van der Waals surface area contributed by atoms with Gasteiger partial charge in [0.05, 0.1) is 26.4 Å². The van der Waals surface area contributed by atoms with Gasteiger partial charge in [-0.1, -0.05) is 285 Å². The summed E-state index contributed by atoms with van der Waals surface area (Å²) in [6.45, 7) is 15.8. The molecule has 0 radical (unpaired) electrons. The number of nitrogens with one attached hydrogen (secondary N) is 2. The number of unbranched alkanes of at least 4 members (excludes halogenated alkanes) is 40. The van der Waals surface area contributed by atoms with Crippen molar-refractivity contribution in [1.29, 1.82) is 10.5 Å². The summed E-state index contributed by atoms with van der Waals surface area (Å²) in [5.74, 6) is 3.11. The number of rotatable bonds is 58. The fraction of sp³-hybridized carbons (Fsp3) is 0.778. The highest BCUT2D eigenvalue weighted by Crippen LogP contribution is 2.31. The highest BCUT2D eigenvalue weighted by molar-refractivity contribution is 5.43. The lowest BCUT2D eigenvalue weighted by molar-refractivity contribution is 0.288. The zero-order valence-corrected chi connectivity index (χ0v) is 53.1. The van der Waals surface area contributed by atoms with Crippen LogP contribution in [0, 0.1) is 22.7 Å². The Labute approximate surface area is 494 Å². The van der Waals surface area contributed by atoms with Crippen LogP contribution in [0.5, 0.6) is 23.0 Å². The maximum absolute atomic E-state index is 10.6. The number of hydrogen-bond acceptors (Lipinski definition) is 8. The number of hydrogen-bond donors (Lipinski definition) is 2. The van der Waals surface area contributed by atoms with Gasteiger partial charge in [-0.2, -0.15) is 10.5 Å². The smallest absolute Gasteiger partial charge is 0.148 e. The van der Waals surface area contributed by atoms with E-state index in [0.29, 0.717) is 26.4 Å². The van der Waals surface area contributed by atoms with Crippen molar-refractivity contribution in [1.82, 2.24) is 10.6 Å². The van der Waals surface area contributed by atoms with Crippen molar-refractivity contribution < 1.29 is 18.9 Å². The SMILES string of the molecule is CCCCCCCCCCCCCOc1cc(OCCCCCCCCCCCCC)cc(C(C)N/C(C#N)=C(/C#N)NC(C)c2cc(OCCCCCCCCCCCCC)cc(OCCCCCCCCCCCCC)c2)c1. The molecule has 0 fully saturated rings. The Bertz CT molecular complexity index is 1630. The third-order valence-corrected chi connectivity index (χ3v) is 16.1. The van der Waals surface area contributed by atoms with Gasteiger partial charge in [0, 0.05) is 24.2 Å². The first kappa shape index (κ1) is 72.1. The third-order valence-electron chi connectivity index (χ3n) is 16.1. The van der Waals surface area contributed by atoms with Crippen molar-refractivity contribution in [2.24, 2.45) is 0 Å². The number of allylic oxidation sites excluding steroid dienone is 2. The standard InChI is InChI=1S/C72H124N4O4/c1-7-11-15-19-23-27-31-35-39-43-47-51-77-67-55-65(56-68(59-67)78-52-48-44-40-36-32-28-24-20-16-12-8-2)63(5)75-71(61-73)72(62-74)76-64(6)66-57-69(79-53-49-45-41-37-33-29-25-21-17-13-9-3)60-70(58-66)80-54-50-46-42-38-34-30-26-22-18-14-10-4/h55-60,63-64,75-76H,7-54H2,1-6H3/b72-71-. The Hall–Kier alpha value is -4.04. The lowest BCUT2D eigenvalue weighted by Gasteiger charge is -2.21. The van der Waals surface area contributed by atoms with E-state index < -0.39 is 0 Å². The summed E-state index contributed by atoms with van der Waals surface area (Å²) in [6, 6.07) is 16.3. The quantitative estimate of drug-likeness (QED) is 0.0498. The van der Waals surface area contributed by atoms with Crippen LogP contribution in [-0.4, -0.2) is 26.4 Å². The fourth-order valence-corrected chi connectivity index (χ4v) is 10.8. The van der Waals surface area contributed by atoms with E-state index in [4.69, 9.17) is 18.9 Å². The average molecular weight is 1110 g/mol. The van der Waals surface area contributed by atoms with E-state index >= 15 is 0 Å². The molecule has 456 valence electrons. The van der Waals surface area contributed by atoms with Crippen LogP contribution in [0.25, 0.3) is 0 Å². The lowest BCUT2D eigenvalue weighted by atomic mass is 10.1. The van der Waals surface area contributed by atoms with Gasteiger partial charge in [-0.05, 0) is 74.9 Å². The highest BCUT2D eigenvalue weighted by Gasteiger charge is 2.18. The summed E-state index contributed by atoms with van der Waals surface area (Å²) < 4.78 is 25.7. The third kappa shape index (κ3) is 39.4. The molecule has 0 heterocycles. The first-order valence-electron chi connectivity index (χ1n) is 34.3. The Morgan fingerprint density at radius 2 is 0.475 bits per heavy atom. The van der Waals surface area contributed by atoms with Crippen LogP contribution in [0.4, 0.5) is 0 Å². The zero-order chi connectivity index (χ0) is 57.6. The van der Waals surface area contributed by atoms with Crippen LogP contribution in [0.1, 0.15) is 347 Å². The molecule has 2 aromatic rings. The van der Waals surface area contributed by atoms with Gasteiger partial charge in [0.2, 0.25) is 0 Å². The van der Waals surface area contributed by atoms with E-state index in [2.05, 4.69) is 74.7 Å². The van der Waals surface area contributed by atoms with Crippen molar-refractivity contribution in [3.63, 3.8) is 0 Å². The molecule has 80 heavy (non-hydrogen) atoms. The Morgan fingerprint density at radius 3 is 0.650 bits per heavy atom. The number of nitriles is 2. The minimum absolute atomic E-state index is 0.194. The normalized spacial score (nSPS) is 12.3. The van der Waals surface area contributed by atoms with Gasteiger partial charge in [-0.15, -0.1) is 0 Å². The molecule has 0 aliphatic carbocycles. The fourth-order valence-electron chi connectivity index (χ4n) is 10.8. The summed E-state index contributed by atoms with van der Waals surface area (Å²) >= 11 is 0. The molecule has 2 N–H and O–H groups in total. The number of nitrogens with zero attached hydrogens (tertiary/aromatic N) is 2. The van der Waals surface area contributed by atoms with Gasteiger partial charge in [-0.3, -0.25) is 0 Å². The number of ether oxygens (including phenoxy) is 4. The lowest BCUT2D eigenvalue weighted by Crippen LogP contribution is -2.25. The molecule has 2 rings (SSSR count). The van der Waals surface area contributed by atoms with E-state index in [9.17, 15) is 10.5 Å². The largest absolute Gasteiger partial charge is 0.493 e. The van der Waals surface area contributed by atoms with Crippen LogP contribution in [-0.2, 0) is 0 Å². The van der Waals surface area contributed by atoms with Crippen LogP contribution >= 0.6 is 0 Å². The predicted molar refractivity (Wildman–Crippen MR) is 342 cm³/mol. The second-order valence-corrected chi connectivity index (χ2v) is 23.7. The van der Waals surface area contributed by atoms with Crippen molar-refractivity contribution in [2.45, 2.75) is 336 Å². The van der Waals surface area contributed by atoms with E-state index in [1.807, 2.05) is 26.0 Å². The van der Waals surface area contributed by atoms with Crippen LogP contribution < -0.4 is 29.6 Å². The molecule has 8 heteroatoms. The summed E-state index contributed by atoms with van der Waals surface area (Å²) in [5, 5.41) is 28.0. The Balaban J connectivity index is 2.13. The first-order chi connectivity index (χ1) is 39.4. The molecular weight excluding hydrogens is 985 g/mol.